The van der Waals surface area contributed by atoms with Crippen molar-refractivity contribution in [2.75, 3.05) is 0 Å². The molecule has 3 aromatic rings. The fourth-order valence-electron chi connectivity index (χ4n) is 2.12. The topological polar surface area (TPSA) is 48.0 Å². The molecule has 0 aliphatic carbocycles. The maximum Gasteiger partial charge on any atom is 0.248 e. The third-order valence-corrected chi connectivity index (χ3v) is 3.01. The first-order chi connectivity index (χ1) is 8.75. The molecule has 1 aromatic heterocycles. The summed E-state index contributed by atoms with van der Waals surface area (Å²) in [6.45, 7) is 0. The number of hydrogen-bond donors (Lipinski definition) is 1. The molecule has 0 saturated carbocycles. The van der Waals surface area contributed by atoms with Crippen LogP contribution in [0.1, 0.15) is 10.4 Å². The molecule has 0 atom stereocenters. The van der Waals surface area contributed by atoms with Gasteiger partial charge in [-0.15, -0.1) is 12.4 Å². The van der Waals surface area contributed by atoms with E-state index in [-0.39, 0.29) is 12.4 Å². The van der Waals surface area contributed by atoms with Crippen molar-refractivity contribution < 1.29 is 4.79 Å². The van der Waals surface area contributed by atoms with Crippen molar-refractivity contribution in [2.45, 2.75) is 0 Å². The summed E-state index contributed by atoms with van der Waals surface area (Å²) in [5.41, 5.74) is 7.87. The van der Waals surface area contributed by atoms with Gasteiger partial charge in [-0.3, -0.25) is 4.79 Å². The molecule has 0 spiro atoms. The Balaban J connectivity index is 0.00000133. The van der Waals surface area contributed by atoms with Crippen LogP contribution in [-0.4, -0.2) is 10.5 Å². The summed E-state index contributed by atoms with van der Waals surface area (Å²) in [6.07, 6.45) is 1.99. The minimum absolute atomic E-state index is 0. The number of benzene rings is 2. The number of rotatable bonds is 2. The molecule has 4 heteroatoms. The Bertz CT molecular complexity index is 734. The number of para-hydroxylation sites is 1. The third kappa shape index (κ3) is 2.33. The molecule has 0 aliphatic rings. The number of hydrogen-bond acceptors (Lipinski definition) is 1. The van der Waals surface area contributed by atoms with Crippen molar-refractivity contribution >= 4 is 29.2 Å². The standard InChI is InChI=1S/C15H12N2O.ClH/c16-15(18)12-5-3-6-13(10-12)17-9-8-11-4-1-2-7-14(11)17;/h1-10H,(H2,16,18);1H. The Morgan fingerprint density at radius 2 is 1.79 bits per heavy atom. The van der Waals surface area contributed by atoms with E-state index in [0.29, 0.717) is 5.56 Å². The average Bonchev–Trinajstić information content (AvgIpc) is 2.82. The smallest absolute Gasteiger partial charge is 0.248 e. The normalized spacial score (nSPS) is 10.1. The van der Waals surface area contributed by atoms with E-state index in [0.717, 1.165) is 11.2 Å². The van der Waals surface area contributed by atoms with Crippen molar-refractivity contribution in [1.82, 2.24) is 4.57 Å². The maximum atomic E-state index is 11.2. The average molecular weight is 273 g/mol. The number of nitrogens with two attached hydrogens (primary N) is 1. The molecule has 0 radical (unpaired) electrons. The Morgan fingerprint density at radius 1 is 1.00 bits per heavy atom. The summed E-state index contributed by atoms with van der Waals surface area (Å²) in [5.74, 6) is -0.409. The van der Waals surface area contributed by atoms with Crippen LogP contribution in [0.3, 0.4) is 0 Å². The number of primary amides is 1. The van der Waals surface area contributed by atoms with E-state index in [1.807, 2.05) is 47.2 Å². The van der Waals surface area contributed by atoms with Crippen LogP contribution in [-0.2, 0) is 0 Å². The van der Waals surface area contributed by atoms with Gasteiger partial charge < -0.3 is 10.3 Å². The predicted octanol–water partition coefficient (Wildman–Crippen LogP) is 3.15. The van der Waals surface area contributed by atoms with Gasteiger partial charge in [0.15, 0.2) is 0 Å². The minimum atomic E-state index is -0.409. The monoisotopic (exact) mass is 272 g/mol. The molecule has 3 nitrogen and oxygen atoms in total. The molecule has 2 N–H and O–H groups in total. The minimum Gasteiger partial charge on any atom is -0.366 e. The largest absolute Gasteiger partial charge is 0.366 e. The molecule has 0 aliphatic heterocycles. The lowest BCUT2D eigenvalue weighted by atomic mass is 10.2. The van der Waals surface area contributed by atoms with Gasteiger partial charge >= 0.3 is 0 Å². The van der Waals surface area contributed by atoms with Crippen LogP contribution in [0, 0.1) is 0 Å². The summed E-state index contributed by atoms with van der Waals surface area (Å²) in [7, 11) is 0. The van der Waals surface area contributed by atoms with Gasteiger partial charge in [0.1, 0.15) is 0 Å². The van der Waals surface area contributed by atoms with Crippen molar-refractivity contribution in [3.8, 4) is 5.69 Å². The van der Waals surface area contributed by atoms with E-state index >= 15 is 0 Å². The summed E-state index contributed by atoms with van der Waals surface area (Å²) in [4.78, 5) is 11.2. The lowest BCUT2D eigenvalue weighted by Gasteiger charge is -2.06. The first-order valence-corrected chi connectivity index (χ1v) is 5.72. The van der Waals surface area contributed by atoms with Crippen LogP contribution in [0.25, 0.3) is 16.6 Å². The van der Waals surface area contributed by atoms with Crippen LogP contribution < -0.4 is 5.73 Å². The quantitative estimate of drug-likeness (QED) is 0.765. The number of nitrogens with zero attached hydrogens (tertiary/aromatic N) is 1. The Labute approximate surface area is 117 Å². The van der Waals surface area contributed by atoms with Crippen molar-refractivity contribution in [3.05, 3.63) is 66.4 Å². The highest BCUT2D eigenvalue weighted by Crippen LogP contribution is 2.20. The number of aromatic nitrogens is 1. The number of halogens is 1. The van der Waals surface area contributed by atoms with E-state index < -0.39 is 5.91 Å². The summed E-state index contributed by atoms with van der Waals surface area (Å²) < 4.78 is 2.04. The Kier molecular flexibility index (Phi) is 3.58. The number of fused-ring (bicyclic) bond motifs is 1. The second-order valence-corrected chi connectivity index (χ2v) is 4.16. The molecule has 0 bridgehead atoms. The van der Waals surface area contributed by atoms with Gasteiger partial charge in [-0.1, -0.05) is 24.3 Å². The molecule has 0 fully saturated rings. The fraction of sp³-hybridized carbons (Fsp3) is 0. The Hall–Kier alpha value is -2.26. The molecular weight excluding hydrogens is 260 g/mol. The van der Waals surface area contributed by atoms with Crippen LogP contribution in [0.4, 0.5) is 0 Å². The molecule has 19 heavy (non-hydrogen) atoms. The molecule has 1 heterocycles. The predicted molar refractivity (Wildman–Crippen MR) is 79.0 cm³/mol. The van der Waals surface area contributed by atoms with Crippen molar-refractivity contribution in [2.24, 2.45) is 5.73 Å². The van der Waals surface area contributed by atoms with E-state index in [4.69, 9.17) is 5.73 Å². The summed E-state index contributed by atoms with van der Waals surface area (Å²) in [5, 5.41) is 1.17. The molecule has 1 amide bonds. The molecule has 2 aromatic carbocycles. The number of amides is 1. The lowest BCUT2D eigenvalue weighted by Crippen LogP contribution is -2.11. The summed E-state index contributed by atoms with van der Waals surface area (Å²) in [6, 6.07) is 17.5. The van der Waals surface area contributed by atoms with E-state index in [9.17, 15) is 4.79 Å². The van der Waals surface area contributed by atoms with Crippen LogP contribution in [0.15, 0.2) is 60.8 Å². The van der Waals surface area contributed by atoms with E-state index in [1.165, 1.54) is 5.39 Å². The zero-order valence-electron chi connectivity index (χ0n) is 10.1. The van der Waals surface area contributed by atoms with Crippen LogP contribution >= 0.6 is 12.4 Å². The first-order valence-electron chi connectivity index (χ1n) is 5.72. The van der Waals surface area contributed by atoms with Crippen molar-refractivity contribution in [3.63, 3.8) is 0 Å². The lowest BCUT2D eigenvalue weighted by molar-refractivity contribution is 0.100. The van der Waals surface area contributed by atoms with Crippen LogP contribution in [0.5, 0.6) is 0 Å². The molecule has 0 saturated heterocycles. The fourth-order valence-corrected chi connectivity index (χ4v) is 2.12. The highest BCUT2D eigenvalue weighted by atomic mass is 35.5. The zero-order chi connectivity index (χ0) is 12.5. The SMILES string of the molecule is Cl.NC(=O)c1cccc(-n2ccc3ccccc32)c1. The van der Waals surface area contributed by atoms with Gasteiger partial charge in [0, 0.05) is 17.4 Å². The zero-order valence-corrected chi connectivity index (χ0v) is 10.9. The highest BCUT2D eigenvalue weighted by molar-refractivity contribution is 5.93. The third-order valence-electron chi connectivity index (χ3n) is 3.01. The molecule has 96 valence electrons. The second-order valence-electron chi connectivity index (χ2n) is 4.16. The second kappa shape index (κ2) is 5.16. The molecular formula is C15H13ClN2O. The van der Waals surface area contributed by atoms with Gasteiger partial charge in [-0.05, 0) is 35.7 Å². The van der Waals surface area contributed by atoms with E-state index in [2.05, 4.69) is 6.07 Å². The number of carbonyl (C=O) groups is 1. The Morgan fingerprint density at radius 3 is 2.58 bits per heavy atom. The molecule has 0 unspecified atom stereocenters. The van der Waals surface area contributed by atoms with Gasteiger partial charge in [0.05, 0.1) is 5.52 Å². The van der Waals surface area contributed by atoms with E-state index in [1.54, 1.807) is 12.1 Å². The summed E-state index contributed by atoms with van der Waals surface area (Å²) >= 11 is 0. The molecule has 3 rings (SSSR count). The van der Waals surface area contributed by atoms with Gasteiger partial charge in [-0.2, -0.15) is 0 Å². The van der Waals surface area contributed by atoms with Crippen LogP contribution in [0.2, 0.25) is 0 Å². The van der Waals surface area contributed by atoms with Gasteiger partial charge in [-0.25, -0.2) is 0 Å². The highest BCUT2D eigenvalue weighted by Gasteiger charge is 2.05. The van der Waals surface area contributed by atoms with Gasteiger partial charge in [0.2, 0.25) is 5.91 Å². The maximum absolute atomic E-state index is 11.2. The number of carbonyl (C=O) groups excluding carboxylic acids is 1. The van der Waals surface area contributed by atoms with Gasteiger partial charge in [0.25, 0.3) is 0 Å². The van der Waals surface area contributed by atoms with Crippen molar-refractivity contribution in [1.29, 1.82) is 0 Å². The first kappa shape index (κ1) is 13.2.